The van der Waals surface area contributed by atoms with Crippen LogP contribution in [0.3, 0.4) is 0 Å². The Morgan fingerprint density at radius 1 is 0.941 bits per heavy atom. The number of carbonyl (C=O) groups is 4. The maximum Gasteiger partial charge on any atom is 0.326 e. The predicted molar refractivity (Wildman–Crippen MR) is 125 cm³/mol. The molecule has 1 unspecified atom stereocenters. The van der Waals surface area contributed by atoms with Crippen molar-refractivity contribution in [1.82, 2.24) is 0 Å². The van der Waals surface area contributed by atoms with Crippen molar-refractivity contribution in [3.8, 4) is 11.5 Å². The molecule has 0 spiro atoms. The first-order valence-corrected chi connectivity index (χ1v) is 11.6. The Kier molecular flexibility index (Phi) is 11.7. The number of hydrogen-bond donors (Lipinski definition) is 1. The van der Waals surface area contributed by atoms with E-state index in [2.05, 4.69) is 0 Å². The van der Waals surface area contributed by atoms with Gasteiger partial charge in [0, 0.05) is 25.7 Å². The molecule has 1 aromatic rings. The monoisotopic (exact) mass is 479 g/mol. The summed E-state index contributed by atoms with van der Waals surface area (Å²) in [6.07, 6.45) is 0.969. The third-order valence-corrected chi connectivity index (χ3v) is 4.92. The number of ether oxygens (including phenoxy) is 4. The van der Waals surface area contributed by atoms with Gasteiger partial charge in [-0.15, -0.1) is 0 Å². The van der Waals surface area contributed by atoms with Crippen molar-refractivity contribution < 1.29 is 38.1 Å². The standard InChI is InChI=1S/C25H37NO8/c1-7-9-21(27)33-19-12-11-18(13-20(19)34-22(28)10-8-2)15-25(26,24(30)31-6)14-17(5)32-23(29)16(3)4/h11-13,16-17H,7-10,14-15,26H2,1-6H3/t17?,25-/m1/s1. The smallest absolute Gasteiger partial charge is 0.326 e. The minimum atomic E-state index is -1.52. The number of esters is 4. The second kappa shape index (κ2) is 13.7. The summed E-state index contributed by atoms with van der Waals surface area (Å²) in [5.74, 6) is -2.17. The first-order chi connectivity index (χ1) is 15.9. The average Bonchev–Trinajstić information content (AvgIpc) is 2.74. The van der Waals surface area contributed by atoms with E-state index in [1.807, 2.05) is 13.8 Å². The summed E-state index contributed by atoms with van der Waals surface area (Å²) in [6, 6.07) is 4.63. The highest BCUT2D eigenvalue weighted by atomic mass is 16.6. The molecule has 0 radical (unpaired) electrons. The van der Waals surface area contributed by atoms with Crippen LogP contribution >= 0.6 is 0 Å². The van der Waals surface area contributed by atoms with Crippen LogP contribution in [-0.2, 0) is 35.1 Å². The maximum absolute atomic E-state index is 12.6. The molecule has 0 heterocycles. The lowest BCUT2D eigenvalue weighted by atomic mass is 9.86. The van der Waals surface area contributed by atoms with E-state index in [4.69, 9.17) is 24.7 Å². The first kappa shape index (κ1) is 29.1. The molecule has 9 heteroatoms. The van der Waals surface area contributed by atoms with Crippen LogP contribution in [0.25, 0.3) is 0 Å². The Bertz CT molecular complexity index is 866. The van der Waals surface area contributed by atoms with E-state index in [9.17, 15) is 19.2 Å². The molecule has 190 valence electrons. The minimum absolute atomic E-state index is 0.00472. The molecule has 1 rings (SSSR count). The zero-order valence-corrected chi connectivity index (χ0v) is 21.0. The third kappa shape index (κ3) is 9.13. The molecule has 0 aromatic heterocycles. The summed E-state index contributed by atoms with van der Waals surface area (Å²) in [4.78, 5) is 48.6. The lowest BCUT2D eigenvalue weighted by molar-refractivity contribution is -0.157. The fourth-order valence-corrected chi connectivity index (χ4v) is 3.27. The fraction of sp³-hybridized carbons (Fsp3) is 0.600. The second-order valence-electron chi connectivity index (χ2n) is 8.66. The summed E-state index contributed by atoms with van der Waals surface area (Å²) in [5, 5.41) is 0. The Balaban J connectivity index is 3.22. The number of hydrogen-bond acceptors (Lipinski definition) is 9. The van der Waals surface area contributed by atoms with Crippen molar-refractivity contribution in [2.45, 2.75) is 84.8 Å². The normalized spacial score (nSPS) is 13.5. The molecule has 9 nitrogen and oxygen atoms in total. The highest BCUT2D eigenvalue weighted by molar-refractivity contribution is 5.81. The molecule has 2 N–H and O–H groups in total. The number of carbonyl (C=O) groups excluding carboxylic acids is 4. The topological polar surface area (TPSA) is 131 Å². The molecule has 0 saturated carbocycles. The summed E-state index contributed by atoms with van der Waals surface area (Å²) in [5.41, 5.74) is 5.46. The lowest BCUT2D eigenvalue weighted by Crippen LogP contribution is -2.53. The highest BCUT2D eigenvalue weighted by Crippen LogP contribution is 2.32. The van der Waals surface area contributed by atoms with Gasteiger partial charge in [-0.1, -0.05) is 33.8 Å². The van der Waals surface area contributed by atoms with Crippen LogP contribution in [-0.4, -0.2) is 42.6 Å². The van der Waals surface area contributed by atoms with Gasteiger partial charge in [0.25, 0.3) is 0 Å². The van der Waals surface area contributed by atoms with Crippen molar-refractivity contribution in [3.05, 3.63) is 23.8 Å². The van der Waals surface area contributed by atoms with E-state index in [0.717, 1.165) is 0 Å². The number of nitrogens with two attached hydrogens (primary N) is 1. The molecule has 0 aliphatic rings. The van der Waals surface area contributed by atoms with E-state index >= 15 is 0 Å². The Morgan fingerprint density at radius 3 is 2.00 bits per heavy atom. The van der Waals surface area contributed by atoms with Crippen LogP contribution < -0.4 is 15.2 Å². The molecule has 0 aliphatic carbocycles. The quantitative estimate of drug-likeness (QED) is 0.333. The van der Waals surface area contributed by atoms with Crippen LogP contribution in [0.15, 0.2) is 18.2 Å². The van der Waals surface area contributed by atoms with Gasteiger partial charge in [0.15, 0.2) is 11.5 Å². The molecule has 34 heavy (non-hydrogen) atoms. The van der Waals surface area contributed by atoms with Crippen molar-refractivity contribution in [1.29, 1.82) is 0 Å². The van der Waals surface area contributed by atoms with E-state index in [1.54, 1.807) is 26.8 Å². The van der Waals surface area contributed by atoms with Gasteiger partial charge >= 0.3 is 23.9 Å². The summed E-state index contributed by atoms with van der Waals surface area (Å²) in [6.45, 7) is 8.76. The molecule has 0 fully saturated rings. The summed E-state index contributed by atoms with van der Waals surface area (Å²) in [7, 11) is 1.23. The maximum atomic E-state index is 12.6. The van der Waals surface area contributed by atoms with E-state index in [1.165, 1.54) is 19.2 Å². The van der Waals surface area contributed by atoms with E-state index < -0.39 is 35.5 Å². The molecule has 0 aliphatic heterocycles. The second-order valence-corrected chi connectivity index (χ2v) is 8.66. The average molecular weight is 480 g/mol. The third-order valence-electron chi connectivity index (χ3n) is 4.92. The SMILES string of the molecule is CCCC(=O)Oc1ccc(C[C@](N)(CC(C)OC(=O)C(C)C)C(=O)OC)cc1OC(=O)CCC. The highest BCUT2D eigenvalue weighted by Gasteiger charge is 2.38. The van der Waals surface area contributed by atoms with Gasteiger partial charge < -0.3 is 24.7 Å². The lowest BCUT2D eigenvalue weighted by Gasteiger charge is -2.29. The fourth-order valence-electron chi connectivity index (χ4n) is 3.27. The molecular weight excluding hydrogens is 442 g/mol. The summed E-state index contributed by atoms with van der Waals surface area (Å²) >= 11 is 0. The van der Waals surface area contributed by atoms with Crippen molar-refractivity contribution in [2.24, 2.45) is 11.7 Å². The van der Waals surface area contributed by atoms with Gasteiger partial charge in [-0.2, -0.15) is 0 Å². The molecule has 0 amide bonds. The van der Waals surface area contributed by atoms with Crippen LogP contribution in [0.5, 0.6) is 11.5 Å². The van der Waals surface area contributed by atoms with Gasteiger partial charge in [-0.05, 0) is 37.5 Å². The van der Waals surface area contributed by atoms with Crippen LogP contribution in [0.1, 0.15) is 72.3 Å². The van der Waals surface area contributed by atoms with E-state index in [-0.39, 0.29) is 43.1 Å². The number of methoxy groups -OCH3 is 1. The Hall–Kier alpha value is -2.94. The van der Waals surface area contributed by atoms with Crippen molar-refractivity contribution >= 4 is 23.9 Å². The molecule has 0 saturated heterocycles. The molecule has 0 bridgehead atoms. The predicted octanol–water partition coefficient (Wildman–Crippen LogP) is 3.49. The van der Waals surface area contributed by atoms with Crippen molar-refractivity contribution in [2.75, 3.05) is 7.11 Å². The van der Waals surface area contributed by atoms with E-state index in [0.29, 0.717) is 18.4 Å². The first-order valence-electron chi connectivity index (χ1n) is 11.6. The largest absolute Gasteiger partial charge is 0.468 e. The minimum Gasteiger partial charge on any atom is -0.468 e. The molecule has 2 atom stereocenters. The molecular formula is C25H37NO8. The number of benzene rings is 1. The van der Waals surface area contributed by atoms with Gasteiger partial charge in [0.2, 0.25) is 0 Å². The molecule has 1 aromatic carbocycles. The van der Waals surface area contributed by atoms with Gasteiger partial charge in [-0.3, -0.25) is 19.2 Å². The zero-order chi connectivity index (χ0) is 25.9. The van der Waals surface area contributed by atoms with Crippen LogP contribution in [0, 0.1) is 5.92 Å². The van der Waals surface area contributed by atoms with Gasteiger partial charge in [-0.25, -0.2) is 0 Å². The van der Waals surface area contributed by atoms with Crippen LogP contribution in [0.4, 0.5) is 0 Å². The number of rotatable bonds is 13. The van der Waals surface area contributed by atoms with Gasteiger partial charge in [0.05, 0.1) is 13.0 Å². The Morgan fingerprint density at radius 2 is 1.50 bits per heavy atom. The Labute approximate surface area is 201 Å². The van der Waals surface area contributed by atoms with Gasteiger partial charge in [0.1, 0.15) is 11.6 Å². The summed E-state index contributed by atoms with van der Waals surface area (Å²) < 4.78 is 21.1. The zero-order valence-electron chi connectivity index (χ0n) is 21.0. The van der Waals surface area contributed by atoms with Crippen molar-refractivity contribution in [3.63, 3.8) is 0 Å². The van der Waals surface area contributed by atoms with Crippen LogP contribution in [0.2, 0.25) is 0 Å².